The van der Waals surface area contributed by atoms with Crippen molar-refractivity contribution >= 4 is 18.5 Å². The van der Waals surface area contributed by atoms with E-state index in [1.54, 1.807) is 12.1 Å². The zero-order chi connectivity index (χ0) is 22.5. The molecule has 3 aromatic rings. The monoisotopic (exact) mass is 428 g/mol. The van der Waals surface area contributed by atoms with Crippen molar-refractivity contribution in [1.29, 1.82) is 0 Å². The van der Waals surface area contributed by atoms with E-state index in [4.69, 9.17) is 0 Å². The van der Waals surface area contributed by atoms with Gasteiger partial charge in [0.1, 0.15) is 0 Å². The lowest BCUT2D eigenvalue weighted by Gasteiger charge is -2.32. The van der Waals surface area contributed by atoms with E-state index in [0.717, 1.165) is 43.6 Å². The lowest BCUT2D eigenvalue weighted by atomic mass is 9.75. The lowest BCUT2D eigenvalue weighted by Crippen LogP contribution is -2.38. The molecule has 3 aromatic carbocycles. The molecule has 32 heavy (non-hydrogen) atoms. The minimum atomic E-state index is -1.56. The number of benzene rings is 3. The molecule has 0 spiro atoms. The maximum Gasteiger partial charge on any atom is 0.489 e. The van der Waals surface area contributed by atoms with Gasteiger partial charge in [0.05, 0.1) is 0 Å². The molecule has 1 amide bonds. The highest BCUT2D eigenvalue weighted by molar-refractivity contribution is 6.60. The van der Waals surface area contributed by atoms with Crippen molar-refractivity contribution in [3.05, 3.63) is 89.5 Å². The van der Waals surface area contributed by atoms with Crippen molar-refractivity contribution in [3.8, 4) is 11.1 Å². The van der Waals surface area contributed by atoms with E-state index in [2.05, 4.69) is 29.6 Å². The minimum absolute atomic E-state index is 0.0243. The molecular weight excluding hydrogens is 399 g/mol. The fourth-order valence-corrected chi connectivity index (χ4v) is 4.56. The van der Waals surface area contributed by atoms with Gasteiger partial charge >= 0.3 is 7.12 Å². The van der Waals surface area contributed by atoms with Crippen LogP contribution in [0.3, 0.4) is 0 Å². The predicted molar refractivity (Wildman–Crippen MR) is 129 cm³/mol. The molecule has 6 heteroatoms. The van der Waals surface area contributed by atoms with Gasteiger partial charge in [0.2, 0.25) is 0 Å². The molecule has 0 radical (unpaired) electrons. The van der Waals surface area contributed by atoms with Crippen molar-refractivity contribution in [2.45, 2.75) is 25.3 Å². The van der Waals surface area contributed by atoms with Crippen LogP contribution in [0.4, 0.5) is 0 Å². The summed E-state index contributed by atoms with van der Waals surface area (Å²) in [6.07, 6.45) is 1.90. The molecule has 5 nitrogen and oxygen atoms in total. The molecule has 164 valence electrons. The van der Waals surface area contributed by atoms with E-state index in [0.29, 0.717) is 16.9 Å². The second-order valence-electron chi connectivity index (χ2n) is 8.38. The molecule has 0 bridgehead atoms. The van der Waals surface area contributed by atoms with Crippen LogP contribution >= 0.6 is 0 Å². The Hall–Kier alpha value is -2.93. The SMILES string of the molecule is CNCc1cccc(C2CCN(C(=O)c3cccc(-c4ccccc4B(O)O)c3)CC2)c1. The van der Waals surface area contributed by atoms with Crippen molar-refractivity contribution < 1.29 is 14.8 Å². The molecule has 1 aliphatic heterocycles. The van der Waals surface area contributed by atoms with Crippen LogP contribution in [0.5, 0.6) is 0 Å². The van der Waals surface area contributed by atoms with Gasteiger partial charge in [0, 0.05) is 25.2 Å². The number of hydrogen-bond acceptors (Lipinski definition) is 4. The van der Waals surface area contributed by atoms with Gasteiger partial charge in [-0.2, -0.15) is 0 Å². The van der Waals surface area contributed by atoms with Crippen LogP contribution in [0.25, 0.3) is 11.1 Å². The minimum Gasteiger partial charge on any atom is -0.423 e. The maximum absolute atomic E-state index is 13.2. The standard InChI is InChI=1S/C26H29BN2O3/c1-28-18-19-6-4-7-21(16-19)20-12-14-29(15-13-20)26(30)23-9-5-8-22(17-23)24-10-2-3-11-25(24)27(31)32/h2-11,16-17,20,28,31-32H,12-15,18H2,1H3. The second-order valence-corrected chi connectivity index (χ2v) is 8.38. The van der Waals surface area contributed by atoms with E-state index < -0.39 is 7.12 Å². The van der Waals surface area contributed by atoms with Gasteiger partial charge in [-0.05, 0) is 65.7 Å². The van der Waals surface area contributed by atoms with Gasteiger partial charge in [-0.1, -0.05) is 60.7 Å². The first kappa shape index (κ1) is 22.3. The Morgan fingerprint density at radius 2 is 1.75 bits per heavy atom. The zero-order valence-corrected chi connectivity index (χ0v) is 18.4. The topological polar surface area (TPSA) is 72.8 Å². The van der Waals surface area contributed by atoms with Crippen molar-refractivity contribution in [2.24, 2.45) is 0 Å². The number of likely N-dealkylation sites (tertiary alicyclic amines) is 1. The molecule has 0 saturated carbocycles. The predicted octanol–water partition coefficient (Wildman–Crippen LogP) is 2.77. The summed E-state index contributed by atoms with van der Waals surface area (Å²) < 4.78 is 0. The number of nitrogens with zero attached hydrogens (tertiary/aromatic N) is 1. The van der Waals surface area contributed by atoms with Crippen LogP contribution in [-0.4, -0.2) is 48.1 Å². The van der Waals surface area contributed by atoms with Crippen LogP contribution in [0.1, 0.15) is 40.2 Å². The molecule has 1 saturated heterocycles. The van der Waals surface area contributed by atoms with Gasteiger partial charge in [-0.25, -0.2) is 0 Å². The summed E-state index contributed by atoms with van der Waals surface area (Å²) in [7, 11) is 0.396. The van der Waals surface area contributed by atoms with E-state index in [-0.39, 0.29) is 5.91 Å². The first-order chi connectivity index (χ1) is 15.6. The quantitative estimate of drug-likeness (QED) is 0.528. The van der Waals surface area contributed by atoms with Crippen molar-refractivity contribution in [1.82, 2.24) is 10.2 Å². The van der Waals surface area contributed by atoms with Crippen molar-refractivity contribution in [3.63, 3.8) is 0 Å². The summed E-state index contributed by atoms with van der Waals surface area (Å²) in [5.41, 5.74) is 5.21. The zero-order valence-electron chi connectivity index (χ0n) is 18.4. The first-order valence-corrected chi connectivity index (χ1v) is 11.1. The third-order valence-electron chi connectivity index (χ3n) is 6.25. The third kappa shape index (κ3) is 4.94. The summed E-state index contributed by atoms with van der Waals surface area (Å²) in [4.78, 5) is 15.1. The Morgan fingerprint density at radius 1 is 1.00 bits per heavy atom. The van der Waals surface area contributed by atoms with Crippen molar-refractivity contribution in [2.75, 3.05) is 20.1 Å². The number of nitrogens with one attached hydrogen (secondary N) is 1. The average Bonchev–Trinajstić information content (AvgIpc) is 2.84. The number of carbonyl (C=O) groups is 1. The van der Waals surface area contributed by atoms with Crippen LogP contribution in [0, 0.1) is 0 Å². The summed E-state index contributed by atoms with van der Waals surface area (Å²) in [6, 6.07) is 23.3. The van der Waals surface area contributed by atoms with E-state index in [9.17, 15) is 14.8 Å². The average molecular weight is 428 g/mol. The highest BCUT2D eigenvalue weighted by Crippen LogP contribution is 2.29. The van der Waals surface area contributed by atoms with Crippen LogP contribution < -0.4 is 10.8 Å². The summed E-state index contributed by atoms with van der Waals surface area (Å²) >= 11 is 0. The van der Waals surface area contributed by atoms with E-state index in [1.165, 1.54) is 11.1 Å². The molecule has 0 atom stereocenters. The normalized spacial score (nSPS) is 14.4. The number of carbonyl (C=O) groups excluding carboxylic acids is 1. The van der Waals surface area contributed by atoms with Gasteiger partial charge in [-0.15, -0.1) is 0 Å². The molecule has 0 aromatic heterocycles. The van der Waals surface area contributed by atoms with Gasteiger partial charge in [0.15, 0.2) is 0 Å². The van der Waals surface area contributed by atoms with E-state index in [1.807, 2.05) is 48.3 Å². The highest BCUT2D eigenvalue weighted by Gasteiger charge is 2.25. The Kier molecular flexibility index (Phi) is 7.05. The molecule has 4 rings (SSSR count). The van der Waals surface area contributed by atoms with Gasteiger partial charge in [0.25, 0.3) is 5.91 Å². The van der Waals surface area contributed by atoms with Crippen LogP contribution in [0.15, 0.2) is 72.8 Å². The lowest BCUT2D eigenvalue weighted by molar-refractivity contribution is 0.0713. The van der Waals surface area contributed by atoms with Gasteiger partial charge < -0.3 is 20.3 Å². The molecule has 1 aliphatic rings. The number of hydrogen-bond donors (Lipinski definition) is 3. The van der Waals surface area contributed by atoms with E-state index >= 15 is 0 Å². The van der Waals surface area contributed by atoms with Crippen LogP contribution in [0.2, 0.25) is 0 Å². The number of piperidine rings is 1. The summed E-state index contributed by atoms with van der Waals surface area (Å²) in [6.45, 7) is 2.32. The Balaban J connectivity index is 1.46. The highest BCUT2D eigenvalue weighted by atomic mass is 16.4. The molecule has 0 aliphatic carbocycles. The number of rotatable bonds is 6. The summed E-state index contributed by atoms with van der Waals surface area (Å²) in [5, 5.41) is 22.6. The smallest absolute Gasteiger partial charge is 0.423 e. The Bertz CT molecular complexity index is 1080. The Labute approximate surface area is 189 Å². The van der Waals surface area contributed by atoms with Gasteiger partial charge in [-0.3, -0.25) is 4.79 Å². The largest absolute Gasteiger partial charge is 0.489 e. The molecule has 1 heterocycles. The number of amides is 1. The van der Waals surface area contributed by atoms with Crippen LogP contribution in [-0.2, 0) is 6.54 Å². The molecule has 1 fully saturated rings. The molecule has 0 unspecified atom stereocenters. The Morgan fingerprint density at radius 3 is 2.50 bits per heavy atom. The maximum atomic E-state index is 13.2. The fraction of sp³-hybridized carbons (Fsp3) is 0.269. The first-order valence-electron chi connectivity index (χ1n) is 11.1. The molecular formula is C26H29BN2O3. The third-order valence-corrected chi connectivity index (χ3v) is 6.25. The molecule has 3 N–H and O–H groups in total. The summed E-state index contributed by atoms with van der Waals surface area (Å²) in [5.74, 6) is 0.497. The fourth-order valence-electron chi connectivity index (χ4n) is 4.56. The second kappa shape index (κ2) is 10.1.